The molecule has 2 N–H and O–H groups in total. The minimum Gasteiger partial charge on any atom is -0.374 e. The Hall–Kier alpha value is -1.75. The van der Waals surface area contributed by atoms with Crippen LogP contribution in [0, 0.1) is 0 Å². The second-order valence-electron chi connectivity index (χ2n) is 3.00. The summed E-state index contributed by atoms with van der Waals surface area (Å²) < 4.78 is 0. The van der Waals surface area contributed by atoms with E-state index in [4.69, 9.17) is 5.73 Å². The number of hydrogen-bond donors (Lipinski definition) is 1. The van der Waals surface area contributed by atoms with E-state index >= 15 is 0 Å². The molecule has 0 spiro atoms. The van der Waals surface area contributed by atoms with Crippen LogP contribution in [0.25, 0.3) is 0 Å². The van der Waals surface area contributed by atoms with Crippen LogP contribution in [0.3, 0.4) is 0 Å². The van der Waals surface area contributed by atoms with Gasteiger partial charge in [0.1, 0.15) is 5.01 Å². The minimum atomic E-state index is 0.0340. The van der Waals surface area contributed by atoms with Crippen molar-refractivity contribution in [1.82, 2.24) is 10.2 Å². The van der Waals surface area contributed by atoms with Gasteiger partial charge in [0.05, 0.1) is 6.42 Å². The number of benzene rings is 1. The molecule has 0 aliphatic rings. The van der Waals surface area contributed by atoms with Crippen LogP contribution in [-0.4, -0.2) is 16.0 Å². The molecule has 0 fully saturated rings. The quantitative estimate of drug-likeness (QED) is 0.795. The summed E-state index contributed by atoms with van der Waals surface area (Å²) in [6.45, 7) is 0. The van der Waals surface area contributed by atoms with E-state index in [2.05, 4.69) is 10.2 Å². The zero-order valence-corrected chi connectivity index (χ0v) is 8.70. The molecular weight excluding hydrogens is 210 g/mol. The number of carbonyl (C=O) groups excluding carboxylic acids is 1. The Bertz CT molecular complexity index is 467. The van der Waals surface area contributed by atoms with E-state index in [1.807, 2.05) is 18.2 Å². The second kappa shape index (κ2) is 4.18. The molecule has 2 aromatic rings. The third-order valence-corrected chi connectivity index (χ3v) is 2.64. The maximum absolute atomic E-state index is 11.7. The van der Waals surface area contributed by atoms with E-state index in [0.717, 1.165) is 0 Å². The van der Waals surface area contributed by atoms with Crippen molar-refractivity contribution in [3.8, 4) is 0 Å². The number of nitrogen functional groups attached to an aromatic ring is 1. The van der Waals surface area contributed by atoms with E-state index in [1.165, 1.54) is 11.3 Å². The van der Waals surface area contributed by atoms with Crippen molar-refractivity contribution in [2.45, 2.75) is 6.42 Å². The fourth-order valence-corrected chi connectivity index (χ4v) is 1.81. The Morgan fingerprint density at radius 1 is 1.27 bits per heavy atom. The first-order valence-corrected chi connectivity index (χ1v) is 5.23. The van der Waals surface area contributed by atoms with Crippen LogP contribution in [0.2, 0.25) is 0 Å². The molecule has 2 rings (SSSR count). The predicted octanol–water partition coefficient (Wildman–Crippen LogP) is 1.55. The summed E-state index contributed by atoms with van der Waals surface area (Å²) in [4.78, 5) is 11.7. The van der Waals surface area contributed by atoms with E-state index < -0.39 is 0 Å². The maximum Gasteiger partial charge on any atom is 0.203 e. The van der Waals surface area contributed by atoms with Crippen molar-refractivity contribution in [2.24, 2.45) is 0 Å². The molecule has 1 aromatic carbocycles. The Balaban J connectivity index is 2.11. The highest BCUT2D eigenvalue weighted by Gasteiger charge is 2.09. The number of nitrogens with two attached hydrogens (primary N) is 1. The molecule has 0 bridgehead atoms. The maximum atomic E-state index is 11.7. The van der Waals surface area contributed by atoms with E-state index in [1.54, 1.807) is 12.1 Å². The molecule has 0 aliphatic carbocycles. The molecule has 0 saturated carbocycles. The van der Waals surface area contributed by atoms with E-state index in [-0.39, 0.29) is 12.2 Å². The van der Waals surface area contributed by atoms with Crippen LogP contribution in [0.5, 0.6) is 0 Å². The lowest BCUT2D eigenvalue weighted by Crippen LogP contribution is -2.02. The number of ketones is 1. The number of aromatic nitrogens is 2. The van der Waals surface area contributed by atoms with Gasteiger partial charge < -0.3 is 5.73 Å². The number of carbonyl (C=O) groups is 1. The third kappa shape index (κ3) is 2.38. The van der Waals surface area contributed by atoms with Crippen molar-refractivity contribution in [3.05, 3.63) is 40.9 Å². The number of hydrogen-bond acceptors (Lipinski definition) is 5. The van der Waals surface area contributed by atoms with Gasteiger partial charge in [-0.15, -0.1) is 10.2 Å². The molecular formula is C10H9N3OS. The topological polar surface area (TPSA) is 68.9 Å². The molecule has 0 radical (unpaired) electrons. The molecule has 5 heteroatoms. The van der Waals surface area contributed by atoms with E-state index in [0.29, 0.717) is 15.7 Å². The summed E-state index contributed by atoms with van der Waals surface area (Å²) in [6, 6.07) is 9.11. The van der Waals surface area contributed by atoms with Gasteiger partial charge in [0.25, 0.3) is 0 Å². The van der Waals surface area contributed by atoms with Gasteiger partial charge in [0, 0.05) is 5.56 Å². The lowest BCUT2D eigenvalue weighted by atomic mass is 10.1. The van der Waals surface area contributed by atoms with Crippen LogP contribution in [-0.2, 0) is 6.42 Å². The van der Waals surface area contributed by atoms with Crippen molar-refractivity contribution in [2.75, 3.05) is 5.73 Å². The summed E-state index contributed by atoms with van der Waals surface area (Å²) in [5.41, 5.74) is 6.11. The second-order valence-corrected chi connectivity index (χ2v) is 4.09. The number of nitrogens with zero attached hydrogens (tertiary/aromatic N) is 2. The van der Waals surface area contributed by atoms with Crippen LogP contribution in [0.1, 0.15) is 15.4 Å². The first-order valence-electron chi connectivity index (χ1n) is 4.42. The fraction of sp³-hybridized carbons (Fsp3) is 0.100. The molecule has 1 heterocycles. The highest BCUT2D eigenvalue weighted by atomic mass is 32.1. The van der Waals surface area contributed by atoms with Gasteiger partial charge >= 0.3 is 0 Å². The fourth-order valence-electron chi connectivity index (χ4n) is 1.20. The van der Waals surface area contributed by atoms with Gasteiger partial charge in [-0.2, -0.15) is 0 Å². The average molecular weight is 219 g/mol. The summed E-state index contributed by atoms with van der Waals surface area (Å²) in [7, 11) is 0. The minimum absolute atomic E-state index is 0.0340. The number of rotatable bonds is 3. The van der Waals surface area contributed by atoms with Crippen molar-refractivity contribution in [1.29, 1.82) is 0 Å². The molecule has 4 nitrogen and oxygen atoms in total. The highest BCUT2D eigenvalue weighted by Crippen LogP contribution is 2.13. The summed E-state index contributed by atoms with van der Waals surface area (Å²) >= 11 is 1.25. The summed E-state index contributed by atoms with van der Waals surface area (Å²) in [5, 5.41) is 8.51. The first kappa shape index (κ1) is 9.79. The normalized spacial score (nSPS) is 10.1. The smallest absolute Gasteiger partial charge is 0.203 e. The van der Waals surface area contributed by atoms with Crippen molar-refractivity contribution >= 4 is 22.3 Å². The SMILES string of the molecule is Nc1nnc(CC(=O)c2ccccc2)s1. The summed E-state index contributed by atoms with van der Waals surface area (Å²) in [6.07, 6.45) is 0.263. The molecule has 0 unspecified atom stereocenters. The lowest BCUT2D eigenvalue weighted by Gasteiger charge is -1.96. The molecule has 0 aliphatic heterocycles. The van der Waals surface area contributed by atoms with Crippen LogP contribution in [0.4, 0.5) is 5.13 Å². The number of Topliss-reactive ketones (excluding diaryl/α,β-unsaturated/α-hetero) is 1. The Labute approximate surface area is 90.8 Å². The molecule has 1 aromatic heterocycles. The van der Waals surface area contributed by atoms with Gasteiger partial charge in [-0.25, -0.2) is 0 Å². The molecule has 76 valence electrons. The first-order chi connectivity index (χ1) is 7.25. The zero-order valence-electron chi connectivity index (χ0n) is 7.88. The van der Waals surface area contributed by atoms with E-state index in [9.17, 15) is 4.79 Å². The van der Waals surface area contributed by atoms with Gasteiger partial charge in [-0.05, 0) is 0 Å². The Morgan fingerprint density at radius 3 is 2.60 bits per heavy atom. The average Bonchev–Trinajstić information content (AvgIpc) is 2.65. The highest BCUT2D eigenvalue weighted by molar-refractivity contribution is 7.15. The van der Waals surface area contributed by atoms with Crippen LogP contribution >= 0.6 is 11.3 Å². The van der Waals surface area contributed by atoms with Crippen molar-refractivity contribution < 1.29 is 4.79 Å². The Morgan fingerprint density at radius 2 is 2.00 bits per heavy atom. The molecule has 0 amide bonds. The number of anilines is 1. The van der Waals surface area contributed by atoms with Gasteiger partial charge in [0.2, 0.25) is 5.13 Å². The molecule has 15 heavy (non-hydrogen) atoms. The largest absolute Gasteiger partial charge is 0.374 e. The van der Waals surface area contributed by atoms with Crippen LogP contribution in [0.15, 0.2) is 30.3 Å². The third-order valence-electron chi connectivity index (χ3n) is 1.89. The van der Waals surface area contributed by atoms with Gasteiger partial charge in [-0.1, -0.05) is 41.7 Å². The van der Waals surface area contributed by atoms with Gasteiger partial charge in [0.15, 0.2) is 5.78 Å². The van der Waals surface area contributed by atoms with Crippen molar-refractivity contribution in [3.63, 3.8) is 0 Å². The molecule has 0 atom stereocenters. The standard InChI is InChI=1S/C10H9N3OS/c11-10-13-12-9(15-10)6-8(14)7-4-2-1-3-5-7/h1-5H,6H2,(H2,11,13). The molecule has 0 saturated heterocycles. The predicted molar refractivity (Wildman–Crippen MR) is 58.8 cm³/mol. The monoisotopic (exact) mass is 219 g/mol. The summed E-state index contributed by atoms with van der Waals surface area (Å²) in [5.74, 6) is 0.0340. The van der Waals surface area contributed by atoms with Gasteiger partial charge in [-0.3, -0.25) is 4.79 Å². The zero-order chi connectivity index (χ0) is 10.7. The lowest BCUT2D eigenvalue weighted by molar-refractivity contribution is 0.0992. The van der Waals surface area contributed by atoms with Crippen LogP contribution < -0.4 is 5.73 Å². The Kier molecular flexibility index (Phi) is 2.73.